The Labute approximate surface area is 198 Å². The molecule has 9 nitrogen and oxygen atoms in total. The number of methoxy groups -OCH3 is 2. The van der Waals surface area contributed by atoms with E-state index in [0.717, 1.165) is 79.7 Å². The zero-order valence-corrected chi connectivity index (χ0v) is 19.4. The Morgan fingerprint density at radius 2 is 1.62 bits per heavy atom. The molecule has 0 amide bonds. The van der Waals surface area contributed by atoms with Crippen LogP contribution in [0.25, 0.3) is 16.9 Å². The molecular formula is C25H27N7O2. The molecule has 0 radical (unpaired) electrons. The highest BCUT2D eigenvalue weighted by molar-refractivity contribution is 5.70. The van der Waals surface area contributed by atoms with Gasteiger partial charge in [0.2, 0.25) is 0 Å². The average Bonchev–Trinajstić information content (AvgIpc) is 3.54. The van der Waals surface area contributed by atoms with Crippen LogP contribution in [0.5, 0.6) is 11.5 Å². The van der Waals surface area contributed by atoms with Crippen LogP contribution < -0.4 is 19.3 Å². The van der Waals surface area contributed by atoms with E-state index in [1.54, 1.807) is 26.6 Å². The Morgan fingerprint density at radius 3 is 2.32 bits per heavy atom. The number of piperazine rings is 1. The van der Waals surface area contributed by atoms with Crippen LogP contribution in [0, 0.1) is 0 Å². The Balaban J connectivity index is 1.38. The largest absolute Gasteiger partial charge is 0.497 e. The van der Waals surface area contributed by atoms with E-state index in [4.69, 9.17) is 19.6 Å². The van der Waals surface area contributed by atoms with Crippen LogP contribution in [0.15, 0.2) is 42.9 Å². The maximum atomic E-state index is 5.47. The molecule has 6 rings (SSSR count). The Morgan fingerprint density at radius 1 is 0.853 bits per heavy atom. The van der Waals surface area contributed by atoms with Crippen LogP contribution in [0.3, 0.4) is 0 Å². The van der Waals surface area contributed by atoms with Crippen LogP contribution >= 0.6 is 0 Å². The highest BCUT2D eigenvalue weighted by Gasteiger charge is 2.28. The molecule has 0 bridgehead atoms. The third kappa shape index (κ3) is 3.57. The summed E-state index contributed by atoms with van der Waals surface area (Å²) in [6.45, 7) is 3.56. The van der Waals surface area contributed by atoms with E-state index in [-0.39, 0.29) is 0 Å². The number of fused-ring (bicyclic) bond motifs is 2. The van der Waals surface area contributed by atoms with Gasteiger partial charge in [-0.25, -0.2) is 9.97 Å². The van der Waals surface area contributed by atoms with Gasteiger partial charge in [-0.15, -0.1) is 0 Å². The number of hydrogen-bond donors (Lipinski definition) is 0. The second kappa shape index (κ2) is 8.48. The lowest BCUT2D eigenvalue weighted by Crippen LogP contribution is -2.47. The summed E-state index contributed by atoms with van der Waals surface area (Å²) >= 11 is 0. The molecule has 1 aromatic carbocycles. The fraction of sp³-hybridized carbons (Fsp3) is 0.360. The first-order valence-corrected chi connectivity index (χ1v) is 11.6. The molecule has 1 saturated heterocycles. The quantitative estimate of drug-likeness (QED) is 0.452. The lowest BCUT2D eigenvalue weighted by molar-refractivity contribution is 0.394. The van der Waals surface area contributed by atoms with Gasteiger partial charge in [0.05, 0.1) is 26.1 Å². The Bertz CT molecular complexity index is 1310. The van der Waals surface area contributed by atoms with Crippen LogP contribution in [0.1, 0.15) is 17.7 Å². The highest BCUT2D eigenvalue weighted by atomic mass is 16.5. The molecule has 174 valence electrons. The van der Waals surface area contributed by atoms with Crippen molar-refractivity contribution in [3.63, 3.8) is 0 Å². The van der Waals surface area contributed by atoms with Crippen LogP contribution in [-0.4, -0.2) is 65.0 Å². The summed E-state index contributed by atoms with van der Waals surface area (Å²) in [5.41, 5.74) is 5.21. The van der Waals surface area contributed by atoms with Crippen LogP contribution in [0.2, 0.25) is 0 Å². The first kappa shape index (κ1) is 20.7. The Kier molecular flexibility index (Phi) is 5.16. The third-order valence-corrected chi connectivity index (χ3v) is 6.70. The number of aryl methyl sites for hydroxylation is 1. The molecule has 34 heavy (non-hydrogen) atoms. The van der Waals surface area contributed by atoms with Gasteiger partial charge >= 0.3 is 0 Å². The molecule has 0 atom stereocenters. The van der Waals surface area contributed by atoms with E-state index in [9.17, 15) is 0 Å². The van der Waals surface area contributed by atoms with Gasteiger partial charge < -0.3 is 19.3 Å². The number of benzene rings is 1. The van der Waals surface area contributed by atoms with Crippen LogP contribution in [0.4, 0.5) is 11.6 Å². The molecule has 0 spiro atoms. The summed E-state index contributed by atoms with van der Waals surface area (Å²) in [7, 11) is 3.32. The predicted octanol–water partition coefficient (Wildman–Crippen LogP) is 3.02. The monoisotopic (exact) mass is 457 g/mol. The van der Waals surface area contributed by atoms with Gasteiger partial charge in [-0.1, -0.05) is 0 Å². The summed E-state index contributed by atoms with van der Waals surface area (Å²) in [6, 6.07) is 7.90. The number of aromatic nitrogens is 5. The van der Waals surface area contributed by atoms with E-state index in [1.807, 2.05) is 28.9 Å². The molecule has 1 fully saturated rings. The van der Waals surface area contributed by atoms with Crippen LogP contribution in [-0.2, 0) is 12.8 Å². The standard InChI is InChI=1S/C25H27N7O2/c1-33-18-12-17(13-19(14-18)34-2)22-15-23-28-21-5-3-4-20(21)25(32(23)29-22)31-10-8-30(9-11-31)24-16-26-6-7-27-24/h6-7,12-16H,3-5,8-11H2,1-2H3. The minimum absolute atomic E-state index is 0.738. The number of nitrogens with zero attached hydrogens (tertiary/aromatic N) is 7. The fourth-order valence-corrected chi connectivity index (χ4v) is 4.99. The third-order valence-electron chi connectivity index (χ3n) is 6.70. The van der Waals surface area contributed by atoms with Crippen molar-refractivity contribution >= 4 is 17.3 Å². The summed E-state index contributed by atoms with van der Waals surface area (Å²) in [6.07, 6.45) is 8.50. The molecule has 0 N–H and O–H groups in total. The molecule has 1 aliphatic heterocycles. The van der Waals surface area contributed by atoms with Crippen molar-refractivity contribution < 1.29 is 9.47 Å². The van der Waals surface area contributed by atoms with Gasteiger partial charge in [-0.05, 0) is 31.4 Å². The molecule has 3 aromatic heterocycles. The van der Waals surface area contributed by atoms with Crippen molar-refractivity contribution in [1.82, 2.24) is 24.6 Å². The fourth-order valence-electron chi connectivity index (χ4n) is 4.99. The first-order chi connectivity index (χ1) is 16.7. The normalized spacial score (nSPS) is 15.6. The van der Waals surface area contributed by atoms with Gasteiger partial charge in [0.15, 0.2) is 5.65 Å². The molecule has 0 saturated carbocycles. The summed E-state index contributed by atoms with van der Waals surface area (Å²) in [5.74, 6) is 3.59. The molecule has 2 aliphatic rings. The molecule has 9 heteroatoms. The summed E-state index contributed by atoms with van der Waals surface area (Å²) < 4.78 is 13.0. The van der Waals surface area contributed by atoms with Crippen molar-refractivity contribution in [3.8, 4) is 22.8 Å². The second-order valence-corrected chi connectivity index (χ2v) is 8.65. The van der Waals surface area contributed by atoms with Crippen molar-refractivity contribution in [1.29, 1.82) is 0 Å². The molecule has 0 unspecified atom stereocenters. The maximum Gasteiger partial charge on any atom is 0.158 e. The van der Waals surface area contributed by atoms with Gasteiger partial charge in [-0.2, -0.15) is 9.61 Å². The minimum Gasteiger partial charge on any atom is -0.497 e. The van der Waals surface area contributed by atoms with E-state index in [1.165, 1.54) is 17.1 Å². The zero-order valence-electron chi connectivity index (χ0n) is 19.4. The van der Waals surface area contributed by atoms with Crippen molar-refractivity contribution in [2.45, 2.75) is 19.3 Å². The SMILES string of the molecule is COc1cc(OC)cc(-c2cc3nc4c(c(N5CCN(c6cnccn6)CC5)n3n2)CCC4)c1. The molecule has 4 aromatic rings. The van der Waals surface area contributed by atoms with E-state index in [2.05, 4.69) is 25.8 Å². The summed E-state index contributed by atoms with van der Waals surface area (Å²) in [5, 5.41) is 5.03. The smallest absolute Gasteiger partial charge is 0.158 e. The summed E-state index contributed by atoms with van der Waals surface area (Å²) in [4.78, 5) is 18.4. The number of ether oxygens (including phenoxy) is 2. The zero-order chi connectivity index (χ0) is 23.1. The molecule has 1 aliphatic carbocycles. The predicted molar refractivity (Wildman–Crippen MR) is 130 cm³/mol. The topological polar surface area (TPSA) is 80.9 Å². The minimum atomic E-state index is 0.738. The molecule has 4 heterocycles. The van der Waals surface area contributed by atoms with E-state index >= 15 is 0 Å². The van der Waals surface area contributed by atoms with Crippen molar-refractivity contribution in [2.24, 2.45) is 0 Å². The van der Waals surface area contributed by atoms with Gasteiger partial charge in [0, 0.05) is 67.5 Å². The number of rotatable bonds is 5. The number of anilines is 2. The average molecular weight is 458 g/mol. The first-order valence-electron chi connectivity index (χ1n) is 11.6. The second-order valence-electron chi connectivity index (χ2n) is 8.65. The van der Waals surface area contributed by atoms with Gasteiger partial charge in [0.25, 0.3) is 0 Å². The lowest BCUT2D eigenvalue weighted by Gasteiger charge is -2.37. The van der Waals surface area contributed by atoms with Crippen molar-refractivity contribution in [3.05, 3.63) is 54.1 Å². The maximum absolute atomic E-state index is 5.47. The van der Waals surface area contributed by atoms with E-state index < -0.39 is 0 Å². The van der Waals surface area contributed by atoms with Gasteiger partial charge in [-0.3, -0.25) is 4.98 Å². The lowest BCUT2D eigenvalue weighted by atomic mass is 10.1. The Hall–Kier alpha value is -3.88. The molecular weight excluding hydrogens is 430 g/mol. The van der Waals surface area contributed by atoms with Gasteiger partial charge in [0.1, 0.15) is 23.1 Å². The number of hydrogen-bond acceptors (Lipinski definition) is 8. The van der Waals surface area contributed by atoms with Crippen molar-refractivity contribution in [2.75, 3.05) is 50.2 Å². The highest BCUT2D eigenvalue weighted by Crippen LogP contribution is 2.35. The van der Waals surface area contributed by atoms with E-state index in [0.29, 0.717) is 0 Å².